The minimum atomic E-state index is -0.186. The highest BCUT2D eigenvalue weighted by atomic mass is 16.5. The fourth-order valence-electron chi connectivity index (χ4n) is 1.60. The normalized spacial score (nSPS) is 10.8. The second kappa shape index (κ2) is 7.12. The van der Waals surface area contributed by atoms with Crippen LogP contribution >= 0.6 is 0 Å². The van der Waals surface area contributed by atoms with Crippen molar-refractivity contribution in [2.24, 2.45) is 5.92 Å². The van der Waals surface area contributed by atoms with Gasteiger partial charge in [0.05, 0.1) is 6.61 Å². The average Bonchev–Trinajstić information content (AvgIpc) is 2.65. The van der Waals surface area contributed by atoms with Crippen molar-refractivity contribution in [3.05, 3.63) is 24.0 Å². The number of aromatic nitrogens is 1. The van der Waals surface area contributed by atoms with E-state index in [1.165, 1.54) is 0 Å². The SMILES string of the molecule is CCOC(=O)Cn1cccc1CNCC(C)C. The molecule has 0 saturated carbocycles. The van der Waals surface area contributed by atoms with Crippen LogP contribution in [0.3, 0.4) is 0 Å². The Morgan fingerprint density at radius 1 is 1.53 bits per heavy atom. The van der Waals surface area contributed by atoms with E-state index in [2.05, 4.69) is 19.2 Å². The number of carbonyl (C=O) groups excluding carboxylic acids is 1. The van der Waals surface area contributed by atoms with Crippen molar-refractivity contribution in [3.8, 4) is 0 Å². The second-order valence-electron chi connectivity index (χ2n) is 4.46. The number of rotatable bonds is 7. The lowest BCUT2D eigenvalue weighted by Crippen LogP contribution is -2.22. The molecule has 0 aliphatic heterocycles. The highest BCUT2D eigenvalue weighted by Gasteiger charge is 2.06. The number of ether oxygens (including phenoxy) is 1. The van der Waals surface area contributed by atoms with Crippen LogP contribution in [-0.2, 0) is 22.6 Å². The maximum absolute atomic E-state index is 11.4. The van der Waals surface area contributed by atoms with Gasteiger partial charge in [0.1, 0.15) is 6.54 Å². The molecule has 0 atom stereocenters. The van der Waals surface area contributed by atoms with Crippen LogP contribution in [0.4, 0.5) is 0 Å². The number of esters is 1. The van der Waals surface area contributed by atoms with Gasteiger partial charge in [0.25, 0.3) is 0 Å². The van der Waals surface area contributed by atoms with Crippen molar-refractivity contribution in [1.29, 1.82) is 0 Å². The average molecular weight is 238 g/mol. The number of hydrogen-bond acceptors (Lipinski definition) is 3. The fraction of sp³-hybridized carbons (Fsp3) is 0.615. The zero-order valence-electron chi connectivity index (χ0n) is 10.9. The van der Waals surface area contributed by atoms with Gasteiger partial charge >= 0.3 is 5.97 Å². The van der Waals surface area contributed by atoms with Gasteiger partial charge in [0.15, 0.2) is 0 Å². The van der Waals surface area contributed by atoms with Crippen molar-refractivity contribution in [1.82, 2.24) is 9.88 Å². The van der Waals surface area contributed by atoms with Gasteiger partial charge < -0.3 is 14.6 Å². The standard InChI is InChI=1S/C13H22N2O2/c1-4-17-13(16)10-15-7-5-6-12(15)9-14-8-11(2)3/h5-7,11,14H,4,8-10H2,1-3H3. The van der Waals surface area contributed by atoms with E-state index >= 15 is 0 Å². The summed E-state index contributed by atoms with van der Waals surface area (Å²) < 4.78 is 6.85. The van der Waals surface area contributed by atoms with E-state index in [0.29, 0.717) is 19.1 Å². The first-order valence-electron chi connectivity index (χ1n) is 6.13. The van der Waals surface area contributed by atoms with Crippen LogP contribution in [0.2, 0.25) is 0 Å². The second-order valence-corrected chi connectivity index (χ2v) is 4.46. The number of carbonyl (C=O) groups is 1. The summed E-state index contributed by atoms with van der Waals surface area (Å²) in [6.45, 7) is 8.64. The van der Waals surface area contributed by atoms with Crippen molar-refractivity contribution in [2.45, 2.75) is 33.9 Å². The van der Waals surface area contributed by atoms with E-state index in [1.54, 1.807) is 0 Å². The third-order valence-electron chi connectivity index (χ3n) is 2.39. The van der Waals surface area contributed by atoms with Crippen molar-refractivity contribution >= 4 is 5.97 Å². The molecule has 0 aliphatic rings. The van der Waals surface area contributed by atoms with E-state index in [9.17, 15) is 4.79 Å². The summed E-state index contributed by atoms with van der Waals surface area (Å²) in [5, 5.41) is 3.36. The molecule has 1 aromatic heterocycles. The van der Waals surface area contributed by atoms with Gasteiger partial charge in [-0.1, -0.05) is 13.8 Å². The molecule has 4 heteroatoms. The summed E-state index contributed by atoms with van der Waals surface area (Å²) in [5.74, 6) is 0.442. The highest BCUT2D eigenvalue weighted by Crippen LogP contribution is 2.03. The quantitative estimate of drug-likeness (QED) is 0.737. The molecule has 0 amide bonds. The van der Waals surface area contributed by atoms with E-state index < -0.39 is 0 Å². The van der Waals surface area contributed by atoms with Crippen LogP contribution in [0.1, 0.15) is 26.5 Å². The van der Waals surface area contributed by atoms with E-state index in [0.717, 1.165) is 18.8 Å². The maximum Gasteiger partial charge on any atom is 0.325 e. The summed E-state index contributed by atoms with van der Waals surface area (Å²) in [5.41, 5.74) is 1.11. The Kier molecular flexibility index (Phi) is 5.77. The molecule has 0 spiro atoms. The number of nitrogens with zero attached hydrogens (tertiary/aromatic N) is 1. The predicted molar refractivity (Wildman–Crippen MR) is 67.6 cm³/mol. The molecular weight excluding hydrogens is 216 g/mol. The van der Waals surface area contributed by atoms with Crippen molar-refractivity contribution in [2.75, 3.05) is 13.2 Å². The molecule has 17 heavy (non-hydrogen) atoms. The topological polar surface area (TPSA) is 43.3 Å². The summed E-state index contributed by atoms with van der Waals surface area (Å²) in [4.78, 5) is 11.4. The predicted octanol–water partition coefficient (Wildman–Crippen LogP) is 1.80. The van der Waals surface area contributed by atoms with Crippen LogP contribution in [0.25, 0.3) is 0 Å². The maximum atomic E-state index is 11.4. The molecule has 1 rings (SSSR count). The van der Waals surface area contributed by atoms with Gasteiger partial charge in [-0.2, -0.15) is 0 Å². The number of hydrogen-bond donors (Lipinski definition) is 1. The van der Waals surface area contributed by atoms with Crippen LogP contribution in [0.15, 0.2) is 18.3 Å². The summed E-state index contributed by atoms with van der Waals surface area (Å²) in [6, 6.07) is 3.97. The third-order valence-corrected chi connectivity index (χ3v) is 2.39. The lowest BCUT2D eigenvalue weighted by molar-refractivity contribution is -0.143. The molecule has 0 fully saturated rings. The lowest BCUT2D eigenvalue weighted by Gasteiger charge is -2.11. The van der Waals surface area contributed by atoms with Crippen molar-refractivity contribution < 1.29 is 9.53 Å². The minimum Gasteiger partial charge on any atom is -0.465 e. The lowest BCUT2D eigenvalue weighted by atomic mass is 10.2. The molecule has 0 aromatic carbocycles. The Morgan fingerprint density at radius 2 is 2.29 bits per heavy atom. The first kappa shape index (κ1) is 13.8. The molecule has 0 aliphatic carbocycles. The Hall–Kier alpha value is -1.29. The van der Waals surface area contributed by atoms with Gasteiger partial charge in [-0.15, -0.1) is 0 Å². The molecular formula is C13H22N2O2. The monoisotopic (exact) mass is 238 g/mol. The van der Waals surface area contributed by atoms with Crippen LogP contribution < -0.4 is 5.32 Å². The molecule has 4 nitrogen and oxygen atoms in total. The van der Waals surface area contributed by atoms with Gasteiger partial charge in [-0.25, -0.2) is 0 Å². The summed E-state index contributed by atoms with van der Waals surface area (Å²) >= 11 is 0. The Bertz CT molecular complexity index is 345. The minimum absolute atomic E-state index is 0.186. The van der Waals surface area contributed by atoms with Crippen LogP contribution in [0, 0.1) is 5.92 Å². The molecule has 0 unspecified atom stereocenters. The first-order valence-corrected chi connectivity index (χ1v) is 6.13. The number of nitrogens with one attached hydrogen (secondary N) is 1. The molecule has 96 valence electrons. The zero-order valence-corrected chi connectivity index (χ0v) is 10.9. The van der Waals surface area contributed by atoms with Gasteiger partial charge in [0.2, 0.25) is 0 Å². The largest absolute Gasteiger partial charge is 0.465 e. The molecule has 1 N–H and O–H groups in total. The first-order chi connectivity index (χ1) is 8.13. The summed E-state index contributed by atoms with van der Waals surface area (Å²) in [7, 11) is 0. The van der Waals surface area contributed by atoms with Crippen LogP contribution in [-0.4, -0.2) is 23.7 Å². The van der Waals surface area contributed by atoms with Gasteiger partial charge in [0, 0.05) is 18.4 Å². The van der Waals surface area contributed by atoms with Gasteiger partial charge in [-0.3, -0.25) is 4.79 Å². The zero-order chi connectivity index (χ0) is 12.7. The van der Waals surface area contributed by atoms with E-state index in [-0.39, 0.29) is 5.97 Å². The van der Waals surface area contributed by atoms with Crippen LogP contribution in [0.5, 0.6) is 0 Å². The Morgan fingerprint density at radius 3 is 2.94 bits per heavy atom. The smallest absolute Gasteiger partial charge is 0.325 e. The fourth-order valence-corrected chi connectivity index (χ4v) is 1.60. The highest BCUT2D eigenvalue weighted by molar-refractivity contribution is 5.69. The molecule has 1 aromatic rings. The molecule has 0 radical (unpaired) electrons. The molecule has 0 saturated heterocycles. The molecule has 0 bridgehead atoms. The van der Waals surface area contributed by atoms with Gasteiger partial charge in [-0.05, 0) is 31.5 Å². The van der Waals surface area contributed by atoms with Crippen molar-refractivity contribution in [3.63, 3.8) is 0 Å². The molecule has 1 heterocycles. The Balaban J connectivity index is 2.45. The summed E-state index contributed by atoms with van der Waals surface area (Å²) in [6.07, 6.45) is 1.91. The third kappa shape index (κ3) is 5.04. The van der Waals surface area contributed by atoms with E-state index in [4.69, 9.17) is 4.74 Å². The van der Waals surface area contributed by atoms with E-state index in [1.807, 2.05) is 29.8 Å². The Labute approximate surface area is 103 Å².